The fraction of sp³-hybridized carbons (Fsp3) is 0.333. The third-order valence-corrected chi connectivity index (χ3v) is 1.78. The van der Waals surface area contributed by atoms with Gasteiger partial charge in [-0.05, 0) is 12.1 Å². The minimum absolute atomic E-state index is 0.130. The molecule has 4 nitrogen and oxygen atoms in total. The van der Waals surface area contributed by atoms with Crippen LogP contribution in [0, 0.1) is 11.3 Å². The quantitative estimate of drug-likeness (QED) is 0.676. The van der Waals surface area contributed by atoms with Crippen LogP contribution in [-0.2, 0) is 4.74 Å². The lowest BCUT2D eigenvalue weighted by atomic mass is 10.3. The normalized spacial score (nSPS) is 20.1. The first-order chi connectivity index (χ1) is 6.38. The molecule has 0 amide bonds. The van der Waals surface area contributed by atoms with Crippen molar-refractivity contribution >= 4 is 0 Å². The minimum Gasteiger partial charge on any atom is -0.463 e. The Morgan fingerprint density at radius 2 is 2.46 bits per heavy atom. The third kappa shape index (κ3) is 1.76. The Hall–Kier alpha value is -1.60. The average molecular weight is 176 g/mol. The van der Waals surface area contributed by atoms with Crippen LogP contribution >= 0.6 is 0 Å². The van der Waals surface area contributed by atoms with Crippen LogP contribution in [0.25, 0.3) is 0 Å². The first-order valence-electron chi connectivity index (χ1n) is 4.03. The predicted octanol–water partition coefficient (Wildman–Crippen LogP) is 1.08. The summed E-state index contributed by atoms with van der Waals surface area (Å²) < 4.78 is 10.4. The van der Waals surface area contributed by atoms with Crippen molar-refractivity contribution in [2.45, 2.75) is 12.7 Å². The number of nitrogens with zero attached hydrogens (tertiary/aromatic N) is 2. The molecule has 1 atom stereocenters. The second-order valence-electron chi connectivity index (χ2n) is 2.70. The van der Waals surface area contributed by atoms with Crippen molar-refractivity contribution in [1.29, 1.82) is 5.26 Å². The maximum atomic E-state index is 8.49. The van der Waals surface area contributed by atoms with Gasteiger partial charge in [0.15, 0.2) is 0 Å². The van der Waals surface area contributed by atoms with E-state index in [4.69, 9.17) is 14.7 Å². The second-order valence-corrected chi connectivity index (χ2v) is 2.70. The molecule has 1 aliphatic heterocycles. The van der Waals surface area contributed by atoms with Crippen LogP contribution in [0.15, 0.2) is 18.3 Å². The monoisotopic (exact) mass is 176 g/mol. The number of aromatic nitrogens is 1. The standard InChI is InChI=1S/C9H8N2O2/c10-5-7-1-2-8(6-11-7)13-9-3-4-12-9/h1-2,6,9H,3-4H2. The van der Waals surface area contributed by atoms with Gasteiger partial charge in [0.25, 0.3) is 0 Å². The highest BCUT2D eigenvalue weighted by molar-refractivity contribution is 5.26. The maximum Gasteiger partial charge on any atom is 0.202 e. The van der Waals surface area contributed by atoms with Gasteiger partial charge in [0.1, 0.15) is 17.5 Å². The summed E-state index contributed by atoms with van der Waals surface area (Å²) in [6.45, 7) is 0.758. The van der Waals surface area contributed by atoms with Crippen LogP contribution in [0.5, 0.6) is 5.75 Å². The average Bonchev–Trinajstić information content (AvgIpc) is 2.12. The molecule has 1 unspecified atom stereocenters. The molecule has 2 heterocycles. The lowest BCUT2D eigenvalue weighted by Crippen LogP contribution is -2.32. The predicted molar refractivity (Wildman–Crippen MR) is 43.9 cm³/mol. The molecule has 0 saturated carbocycles. The van der Waals surface area contributed by atoms with Gasteiger partial charge in [0.2, 0.25) is 6.29 Å². The van der Waals surface area contributed by atoms with Crippen molar-refractivity contribution in [2.24, 2.45) is 0 Å². The van der Waals surface area contributed by atoms with Crippen molar-refractivity contribution in [3.63, 3.8) is 0 Å². The van der Waals surface area contributed by atoms with Gasteiger partial charge in [0.05, 0.1) is 12.8 Å². The molecule has 1 saturated heterocycles. The zero-order valence-corrected chi connectivity index (χ0v) is 6.93. The van der Waals surface area contributed by atoms with Crippen LogP contribution < -0.4 is 4.74 Å². The fourth-order valence-corrected chi connectivity index (χ4v) is 0.975. The molecule has 2 rings (SSSR count). The summed E-state index contributed by atoms with van der Waals surface area (Å²) in [5.41, 5.74) is 0.391. The summed E-state index contributed by atoms with van der Waals surface area (Å²) in [6, 6.07) is 5.27. The number of ether oxygens (including phenoxy) is 2. The highest BCUT2D eigenvalue weighted by Gasteiger charge is 2.19. The Bertz CT molecular complexity index is 324. The lowest BCUT2D eigenvalue weighted by molar-refractivity contribution is -0.165. The molecule has 13 heavy (non-hydrogen) atoms. The number of rotatable bonds is 2. The maximum absolute atomic E-state index is 8.49. The Balaban J connectivity index is 2.01. The molecule has 0 N–H and O–H groups in total. The van der Waals surface area contributed by atoms with E-state index in [9.17, 15) is 0 Å². The van der Waals surface area contributed by atoms with Crippen molar-refractivity contribution in [3.05, 3.63) is 24.0 Å². The highest BCUT2D eigenvalue weighted by atomic mass is 16.7. The zero-order chi connectivity index (χ0) is 9.10. The van der Waals surface area contributed by atoms with Gasteiger partial charge in [-0.2, -0.15) is 5.26 Å². The summed E-state index contributed by atoms with van der Waals surface area (Å²) in [5, 5.41) is 8.49. The first kappa shape index (κ1) is 8.02. The van der Waals surface area contributed by atoms with E-state index >= 15 is 0 Å². The summed E-state index contributed by atoms with van der Waals surface area (Å²) >= 11 is 0. The van der Waals surface area contributed by atoms with Crippen LogP contribution in [-0.4, -0.2) is 17.9 Å². The van der Waals surface area contributed by atoms with Crippen molar-refractivity contribution in [1.82, 2.24) is 4.98 Å². The van der Waals surface area contributed by atoms with Crippen molar-refractivity contribution < 1.29 is 9.47 Å². The van der Waals surface area contributed by atoms with Crippen molar-refractivity contribution in [2.75, 3.05) is 6.61 Å². The zero-order valence-electron chi connectivity index (χ0n) is 6.93. The molecule has 1 aliphatic rings. The van der Waals surface area contributed by atoms with Gasteiger partial charge in [-0.15, -0.1) is 0 Å². The molecule has 1 aromatic rings. The molecular formula is C9H8N2O2. The largest absolute Gasteiger partial charge is 0.463 e. The lowest BCUT2D eigenvalue weighted by Gasteiger charge is -2.26. The van der Waals surface area contributed by atoms with E-state index in [1.165, 1.54) is 6.20 Å². The van der Waals surface area contributed by atoms with Crippen LogP contribution in [0.3, 0.4) is 0 Å². The van der Waals surface area contributed by atoms with Gasteiger partial charge < -0.3 is 9.47 Å². The SMILES string of the molecule is N#Cc1ccc(OC2CCO2)cn1. The fourth-order valence-electron chi connectivity index (χ4n) is 0.975. The number of pyridine rings is 1. The van der Waals surface area contributed by atoms with Gasteiger partial charge >= 0.3 is 0 Å². The van der Waals surface area contributed by atoms with Crippen LogP contribution in [0.1, 0.15) is 12.1 Å². The topological polar surface area (TPSA) is 55.1 Å². The number of hydrogen-bond donors (Lipinski definition) is 0. The van der Waals surface area contributed by atoms with Crippen molar-refractivity contribution in [3.8, 4) is 11.8 Å². The highest BCUT2D eigenvalue weighted by Crippen LogP contribution is 2.17. The van der Waals surface area contributed by atoms with E-state index in [2.05, 4.69) is 4.98 Å². The molecule has 66 valence electrons. The molecule has 4 heteroatoms. The molecule has 0 bridgehead atoms. The third-order valence-electron chi connectivity index (χ3n) is 1.78. The molecular weight excluding hydrogens is 168 g/mol. The summed E-state index contributed by atoms with van der Waals surface area (Å²) in [5.74, 6) is 0.642. The summed E-state index contributed by atoms with van der Waals surface area (Å²) in [7, 11) is 0. The Morgan fingerprint density at radius 1 is 1.62 bits per heavy atom. The molecule has 0 aliphatic carbocycles. The van der Waals surface area contributed by atoms with Gasteiger partial charge in [-0.1, -0.05) is 0 Å². The number of hydrogen-bond acceptors (Lipinski definition) is 4. The van der Waals surface area contributed by atoms with E-state index < -0.39 is 0 Å². The first-order valence-corrected chi connectivity index (χ1v) is 4.03. The van der Waals surface area contributed by atoms with Gasteiger partial charge in [0, 0.05) is 6.42 Å². The Morgan fingerprint density at radius 3 is 2.92 bits per heavy atom. The summed E-state index contributed by atoms with van der Waals surface area (Å²) in [6.07, 6.45) is 2.31. The summed E-state index contributed by atoms with van der Waals surface area (Å²) in [4.78, 5) is 3.87. The van der Waals surface area contributed by atoms with E-state index in [1.54, 1.807) is 12.1 Å². The van der Waals surface area contributed by atoms with E-state index in [0.717, 1.165) is 13.0 Å². The van der Waals surface area contributed by atoms with E-state index in [1.807, 2.05) is 6.07 Å². The molecule has 1 fully saturated rings. The number of nitriles is 1. The Kier molecular flexibility index (Phi) is 2.11. The molecule has 1 aromatic heterocycles. The second kappa shape index (κ2) is 3.42. The van der Waals surface area contributed by atoms with Crippen LogP contribution in [0.2, 0.25) is 0 Å². The minimum atomic E-state index is -0.130. The smallest absolute Gasteiger partial charge is 0.202 e. The van der Waals surface area contributed by atoms with E-state index in [-0.39, 0.29) is 6.29 Å². The van der Waals surface area contributed by atoms with E-state index in [0.29, 0.717) is 11.4 Å². The van der Waals surface area contributed by atoms with Gasteiger partial charge in [-0.25, -0.2) is 4.98 Å². The molecule has 0 radical (unpaired) electrons. The van der Waals surface area contributed by atoms with Crippen LogP contribution in [0.4, 0.5) is 0 Å². The Labute approximate surface area is 75.7 Å². The molecule has 0 spiro atoms. The molecule has 0 aromatic carbocycles. The van der Waals surface area contributed by atoms with Gasteiger partial charge in [-0.3, -0.25) is 0 Å².